The number of hydrogen-bond acceptors (Lipinski definition) is 7. The maximum atomic E-state index is 5.79. The van der Waals surface area contributed by atoms with E-state index < -0.39 is 0 Å². The molecule has 0 atom stereocenters. The molecule has 0 aliphatic rings. The van der Waals surface area contributed by atoms with E-state index in [1.165, 1.54) is 11.3 Å². The summed E-state index contributed by atoms with van der Waals surface area (Å²) in [5, 5.41) is 18.0. The van der Waals surface area contributed by atoms with Crippen LogP contribution >= 0.6 is 11.3 Å². The topological polar surface area (TPSA) is 99.8 Å². The number of anilines is 1. The van der Waals surface area contributed by atoms with Gasteiger partial charge in [0, 0.05) is 25.2 Å². The number of hydrogen-bond donors (Lipinski definition) is 1. The fourth-order valence-electron chi connectivity index (χ4n) is 2.93. The third kappa shape index (κ3) is 2.49. The van der Waals surface area contributed by atoms with E-state index in [1.54, 1.807) is 15.4 Å². The zero-order valence-corrected chi connectivity index (χ0v) is 14.7. The van der Waals surface area contributed by atoms with E-state index in [4.69, 9.17) is 5.73 Å². The molecule has 4 heterocycles. The highest BCUT2D eigenvalue weighted by Crippen LogP contribution is 2.25. The second kappa shape index (κ2) is 5.60. The summed E-state index contributed by atoms with van der Waals surface area (Å²) in [6.45, 7) is 0. The molecule has 0 amide bonds. The average Bonchev–Trinajstić information content (AvgIpc) is 3.32. The fourth-order valence-corrected chi connectivity index (χ4v) is 3.73. The van der Waals surface area contributed by atoms with Gasteiger partial charge in [0.2, 0.25) is 0 Å². The number of aryl methyl sites for hydroxylation is 1. The van der Waals surface area contributed by atoms with Crippen LogP contribution in [0.1, 0.15) is 11.4 Å². The zero-order valence-electron chi connectivity index (χ0n) is 13.9. The second-order valence-corrected chi connectivity index (χ2v) is 7.10. The van der Waals surface area contributed by atoms with Gasteiger partial charge in [-0.05, 0) is 29.8 Å². The molecule has 5 aromatic rings. The Morgan fingerprint density at radius 1 is 1.15 bits per heavy atom. The van der Waals surface area contributed by atoms with E-state index in [2.05, 4.69) is 31.4 Å². The van der Waals surface area contributed by atoms with E-state index >= 15 is 0 Å². The van der Waals surface area contributed by atoms with Crippen molar-refractivity contribution in [3.8, 4) is 11.3 Å². The molecule has 0 aliphatic carbocycles. The van der Waals surface area contributed by atoms with Crippen molar-refractivity contribution in [2.24, 2.45) is 7.05 Å². The largest absolute Gasteiger partial charge is 0.375 e. The van der Waals surface area contributed by atoms with Crippen LogP contribution in [-0.4, -0.2) is 34.6 Å². The number of aromatic nitrogens is 7. The summed E-state index contributed by atoms with van der Waals surface area (Å²) in [7, 11) is 1.88. The van der Waals surface area contributed by atoms with E-state index in [0.29, 0.717) is 11.6 Å². The number of nitrogens with zero attached hydrogens (tertiary/aromatic N) is 7. The molecular formula is C17H14N8S. The van der Waals surface area contributed by atoms with Gasteiger partial charge in [0.1, 0.15) is 0 Å². The Bertz CT molecular complexity index is 1250. The van der Waals surface area contributed by atoms with Crippen molar-refractivity contribution in [3.63, 3.8) is 0 Å². The van der Waals surface area contributed by atoms with Gasteiger partial charge < -0.3 is 5.73 Å². The molecule has 9 heteroatoms. The molecule has 5 rings (SSSR count). The minimum atomic E-state index is 0.577. The van der Waals surface area contributed by atoms with Crippen molar-refractivity contribution < 1.29 is 0 Å². The van der Waals surface area contributed by atoms with Gasteiger partial charge in [-0.15, -0.1) is 10.2 Å². The van der Waals surface area contributed by atoms with Gasteiger partial charge in [-0.2, -0.15) is 14.7 Å². The van der Waals surface area contributed by atoms with E-state index in [-0.39, 0.29) is 0 Å². The molecule has 26 heavy (non-hydrogen) atoms. The monoisotopic (exact) mass is 362 g/mol. The molecule has 0 unspecified atom stereocenters. The number of nitrogen functional groups attached to an aromatic ring is 1. The lowest BCUT2D eigenvalue weighted by Crippen LogP contribution is -2.01. The fraction of sp³-hybridized carbons (Fsp3) is 0.118. The first-order chi connectivity index (χ1) is 12.7. The smallest absolute Gasteiger partial charge is 0.181 e. The number of fused-ring (bicyclic) bond motifs is 2. The Kier molecular flexibility index (Phi) is 3.22. The lowest BCUT2D eigenvalue weighted by molar-refractivity contribution is 0.768. The molecule has 8 nitrogen and oxygen atoms in total. The van der Waals surface area contributed by atoms with Crippen molar-refractivity contribution in [1.29, 1.82) is 0 Å². The summed E-state index contributed by atoms with van der Waals surface area (Å²) < 4.78 is 4.61. The Balaban J connectivity index is 1.55. The molecule has 4 aromatic heterocycles. The van der Waals surface area contributed by atoms with Crippen molar-refractivity contribution in [2.45, 2.75) is 6.42 Å². The Hall–Kier alpha value is -3.33. The van der Waals surface area contributed by atoms with Crippen LogP contribution in [0.5, 0.6) is 0 Å². The van der Waals surface area contributed by atoms with E-state index in [0.717, 1.165) is 38.5 Å². The molecule has 2 N–H and O–H groups in total. The lowest BCUT2D eigenvalue weighted by atomic mass is 10.1. The molecule has 0 bridgehead atoms. The van der Waals surface area contributed by atoms with E-state index in [1.807, 2.05) is 37.5 Å². The van der Waals surface area contributed by atoms with Crippen LogP contribution < -0.4 is 5.73 Å². The normalized spacial score (nSPS) is 11.6. The summed E-state index contributed by atoms with van der Waals surface area (Å²) in [5.74, 6) is 0.780. The van der Waals surface area contributed by atoms with Crippen LogP contribution in [0.15, 0.2) is 42.7 Å². The number of rotatable bonds is 3. The van der Waals surface area contributed by atoms with Gasteiger partial charge in [-0.3, -0.25) is 4.68 Å². The molecular weight excluding hydrogens is 348 g/mol. The van der Waals surface area contributed by atoms with Crippen molar-refractivity contribution >= 4 is 32.3 Å². The van der Waals surface area contributed by atoms with Crippen LogP contribution in [0.3, 0.4) is 0 Å². The van der Waals surface area contributed by atoms with Gasteiger partial charge in [0.05, 0.1) is 22.1 Å². The first-order valence-electron chi connectivity index (χ1n) is 8.01. The van der Waals surface area contributed by atoms with Gasteiger partial charge in [-0.25, -0.2) is 4.98 Å². The Labute approximate surface area is 151 Å². The minimum absolute atomic E-state index is 0.577. The second-order valence-electron chi connectivity index (χ2n) is 6.04. The maximum Gasteiger partial charge on any atom is 0.181 e. The van der Waals surface area contributed by atoms with Crippen molar-refractivity contribution in [1.82, 2.24) is 34.6 Å². The summed E-state index contributed by atoms with van der Waals surface area (Å²) in [5.41, 5.74) is 10.3. The summed E-state index contributed by atoms with van der Waals surface area (Å²) in [6, 6.07) is 9.95. The van der Waals surface area contributed by atoms with Crippen LogP contribution in [0.25, 0.3) is 27.1 Å². The summed E-state index contributed by atoms with van der Waals surface area (Å²) >= 11 is 1.48. The molecule has 0 radical (unpaired) electrons. The third-order valence-corrected chi connectivity index (χ3v) is 5.01. The maximum absolute atomic E-state index is 5.79. The third-order valence-electron chi connectivity index (χ3n) is 4.16. The molecule has 0 saturated heterocycles. The average molecular weight is 362 g/mol. The minimum Gasteiger partial charge on any atom is -0.375 e. The SMILES string of the molecule is Cn1cc(-c2ccc3nnc(Cc4ccc5nc(N)sc5c4)n3n2)cn1. The highest BCUT2D eigenvalue weighted by Gasteiger charge is 2.11. The Morgan fingerprint density at radius 3 is 2.92 bits per heavy atom. The standard InChI is InChI=1S/C17H14N8S/c1-24-9-11(8-19-24)12-4-5-15-21-22-16(25(15)23-12)7-10-2-3-13-14(6-10)26-17(18)20-13/h2-6,8-9H,7H2,1H3,(H2,18,20). The van der Waals surface area contributed by atoms with Gasteiger partial charge in [0.15, 0.2) is 16.6 Å². The van der Waals surface area contributed by atoms with Crippen molar-refractivity contribution in [3.05, 3.63) is 54.1 Å². The van der Waals surface area contributed by atoms with Crippen LogP contribution in [0.4, 0.5) is 5.13 Å². The predicted octanol–water partition coefficient (Wildman–Crippen LogP) is 2.31. The number of nitrogens with two attached hydrogens (primary N) is 1. The zero-order chi connectivity index (χ0) is 17.7. The summed E-state index contributed by atoms with van der Waals surface area (Å²) in [4.78, 5) is 4.29. The molecule has 0 spiro atoms. The molecule has 1 aromatic carbocycles. The highest BCUT2D eigenvalue weighted by atomic mass is 32.1. The van der Waals surface area contributed by atoms with Gasteiger partial charge in [-0.1, -0.05) is 17.4 Å². The quantitative estimate of drug-likeness (QED) is 0.529. The molecule has 0 aliphatic heterocycles. The van der Waals surface area contributed by atoms with E-state index in [9.17, 15) is 0 Å². The summed E-state index contributed by atoms with van der Waals surface area (Å²) in [6.07, 6.45) is 4.35. The van der Waals surface area contributed by atoms with Gasteiger partial charge >= 0.3 is 0 Å². The lowest BCUT2D eigenvalue weighted by Gasteiger charge is -2.02. The van der Waals surface area contributed by atoms with Crippen LogP contribution in [0, 0.1) is 0 Å². The number of benzene rings is 1. The first-order valence-corrected chi connectivity index (χ1v) is 8.83. The van der Waals surface area contributed by atoms with Crippen molar-refractivity contribution in [2.75, 3.05) is 5.73 Å². The number of thiazole rings is 1. The van der Waals surface area contributed by atoms with Crippen LogP contribution in [0.2, 0.25) is 0 Å². The molecule has 0 saturated carbocycles. The van der Waals surface area contributed by atoms with Gasteiger partial charge in [0.25, 0.3) is 0 Å². The Morgan fingerprint density at radius 2 is 2.08 bits per heavy atom. The predicted molar refractivity (Wildman–Crippen MR) is 99.8 cm³/mol. The first kappa shape index (κ1) is 15.0. The van der Waals surface area contributed by atoms with Crippen LogP contribution in [-0.2, 0) is 13.5 Å². The highest BCUT2D eigenvalue weighted by molar-refractivity contribution is 7.22. The molecule has 0 fully saturated rings. The molecule has 128 valence electrons.